The van der Waals surface area contributed by atoms with Gasteiger partial charge in [0.15, 0.2) is 11.4 Å². The predicted molar refractivity (Wildman–Crippen MR) is 132 cm³/mol. The number of hydrogen-bond donors (Lipinski definition) is 0. The van der Waals surface area contributed by atoms with Crippen LogP contribution >= 0.6 is 11.6 Å². The Hall–Kier alpha value is -4.56. The van der Waals surface area contributed by atoms with Gasteiger partial charge in [0.25, 0.3) is 0 Å². The molecule has 35 heavy (non-hydrogen) atoms. The van der Waals surface area contributed by atoms with E-state index in [2.05, 4.69) is 20.3 Å². The van der Waals surface area contributed by atoms with Gasteiger partial charge in [-0.05, 0) is 29.3 Å². The molecule has 2 aromatic carbocycles. The van der Waals surface area contributed by atoms with Gasteiger partial charge in [0.05, 0.1) is 18.9 Å². The third-order valence-corrected chi connectivity index (χ3v) is 5.98. The zero-order chi connectivity index (χ0) is 23.8. The molecule has 0 unspecified atom stereocenters. The quantitative estimate of drug-likeness (QED) is 0.345. The third-order valence-electron chi connectivity index (χ3n) is 5.73. The van der Waals surface area contributed by atoms with Crippen LogP contribution in [0, 0.1) is 0 Å². The molecule has 0 saturated heterocycles. The van der Waals surface area contributed by atoms with Crippen molar-refractivity contribution in [1.29, 1.82) is 0 Å². The number of benzene rings is 2. The lowest BCUT2D eigenvalue weighted by atomic mass is 9.98. The summed E-state index contributed by atoms with van der Waals surface area (Å²) >= 11 is 6.10. The Morgan fingerprint density at radius 2 is 1.66 bits per heavy atom. The van der Waals surface area contributed by atoms with Crippen molar-refractivity contribution in [3.05, 3.63) is 113 Å². The first-order valence-corrected chi connectivity index (χ1v) is 11.2. The number of halogens is 1. The Balaban J connectivity index is 1.46. The maximum atomic E-state index is 13.2. The van der Waals surface area contributed by atoms with Crippen molar-refractivity contribution >= 4 is 17.2 Å². The van der Waals surface area contributed by atoms with Gasteiger partial charge in [0.2, 0.25) is 0 Å². The molecule has 4 aromatic heterocycles. The molecule has 0 aliphatic rings. The summed E-state index contributed by atoms with van der Waals surface area (Å²) in [4.78, 5) is 17.5. The van der Waals surface area contributed by atoms with E-state index in [0.29, 0.717) is 23.0 Å². The fraction of sp³-hybridized carbons (Fsp3) is 0.0385. The molecule has 0 aliphatic carbocycles. The lowest BCUT2D eigenvalue weighted by molar-refractivity contribution is 0.432. The minimum atomic E-state index is -0.327. The van der Waals surface area contributed by atoms with Gasteiger partial charge < -0.3 is 4.52 Å². The van der Waals surface area contributed by atoms with Crippen molar-refractivity contribution in [2.45, 2.75) is 6.54 Å². The van der Waals surface area contributed by atoms with Gasteiger partial charge in [-0.3, -0.25) is 4.98 Å². The molecule has 0 fully saturated rings. The summed E-state index contributed by atoms with van der Waals surface area (Å²) in [6.45, 7) is 0.293. The topological polar surface area (TPSA) is 91.1 Å². The molecule has 6 aromatic rings. The van der Waals surface area contributed by atoms with Crippen LogP contribution in [0.25, 0.3) is 39.2 Å². The highest BCUT2D eigenvalue weighted by molar-refractivity contribution is 6.30. The molecule has 0 atom stereocenters. The number of pyridine rings is 1. The summed E-state index contributed by atoms with van der Waals surface area (Å²) in [6, 6.07) is 20.8. The first-order valence-electron chi connectivity index (χ1n) is 10.8. The van der Waals surface area contributed by atoms with Crippen LogP contribution in [0.3, 0.4) is 0 Å². The van der Waals surface area contributed by atoms with Gasteiger partial charge in [-0.25, -0.2) is 9.48 Å². The molecular weight excluding hydrogens is 464 g/mol. The second-order valence-electron chi connectivity index (χ2n) is 7.93. The van der Waals surface area contributed by atoms with Crippen LogP contribution < -0.4 is 5.69 Å². The van der Waals surface area contributed by atoms with E-state index in [-0.39, 0.29) is 5.69 Å². The van der Waals surface area contributed by atoms with Crippen LogP contribution in [0.4, 0.5) is 0 Å². The number of fused-ring (bicyclic) bond motifs is 1. The van der Waals surface area contributed by atoms with E-state index < -0.39 is 0 Å². The monoisotopic (exact) mass is 480 g/mol. The summed E-state index contributed by atoms with van der Waals surface area (Å²) < 4.78 is 7.94. The van der Waals surface area contributed by atoms with Gasteiger partial charge in [-0.2, -0.15) is 9.61 Å². The van der Waals surface area contributed by atoms with E-state index in [0.717, 1.165) is 33.4 Å². The van der Waals surface area contributed by atoms with E-state index >= 15 is 0 Å². The van der Waals surface area contributed by atoms with Gasteiger partial charge in [-0.15, -0.1) is 5.10 Å². The molecule has 0 amide bonds. The fourth-order valence-corrected chi connectivity index (χ4v) is 4.14. The molecular formula is C26H17ClN6O2. The van der Waals surface area contributed by atoms with E-state index in [1.54, 1.807) is 30.9 Å². The highest BCUT2D eigenvalue weighted by Gasteiger charge is 2.19. The van der Waals surface area contributed by atoms with Crippen LogP contribution in [0.5, 0.6) is 0 Å². The largest absolute Gasteiger partial charge is 0.367 e. The van der Waals surface area contributed by atoms with E-state index in [1.165, 1.54) is 9.20 Å². The summed E-state index contributed by atoms with van der Waals surface area (Å²) in [5, 5.41) is 13.5. The van der Waals surface area contributed by atoms with E-state index in [4.69, 9.17) is 16.1 Å². The molecule has 0 bridgehead atoms. The molecule has 9 heteroatoms. The van der Waals surface area contributed by atoms with Crippen molar-refractivity contribution in [2.75, 3.05) is 0 Å². The average molecular weight is 481 g/mol. The fourth-order valence-electron chi connectivity index (χ4n) is 4.02. The molecule has 6 rings (SSSR count). The van der Waals surface area contributed by atoms with Crippen LogP contribution in [-0.2, 0) is 6.54 Å². The maximum absolute atomic E-state index is 13.2. The van der Waals surface area contributed by atoms with E-state index in [9.17, 15) is 4.79 Å². The lowest BCUT2D eigenvalue weighted by Crippen LogP contribution is -2.22. The predicted octanol–water partition coefficient (Wildman–Crippen LogP) is 4.98. The molecule has 4 heterocycles. The first kappa shape index (κ1) is 21.0. The SMILES string of the molecule is O=c1n(Cc2ccc(-c3ccno3)cc2)nc2c(-c3cccnc3)c(-c3ccc(Cl)cc3)cnn12. The van der Waals surface area contributed by atoms with E-state index in [1.807, 2.05) is 60.7 Å². The average Bonchev–Trinajstić information content (AvgIpc) is 3.54. The Kier molecular flexibility index (Phi) is 5.20. The normalized spacial score (nSPS) is 11.2. The highest BCUT2D eigenvalue weighted by Crippen LogP contribution is 2.34. The molecule has 0 saturated carbocycles. The standard InChI is InChI=1S/C26H17ClN6O2/c27-21-9-7-18(8-10-21)22-15-29-33-25(24(22)20-2-1-12-28-14-20)31-32(26(33)34)16-17-3-5-19(6-4-17)23-11-13-30-35-23/h1-15H,16H2. The van der Waals surface area contributed by atoms with Crippen molar-refractivity contribution in [3.8, 4) is 33.6 Å². The summed E-state index contributed by atoms with van der Waals surface area (Å²) in [6.07, 6.45) is 6.74. The summed E-state index contributed by atoms with van der Waals surface area (Å²) in [7, 11) is 0. The van der Waals surface area contributed by atoms with Crippen molar-refractivity contribution in [3.63, 3.8) is 0 Å². The van der Waals surface area contributed by atoms with Crippen molar-refractivity contribution < 1.29 is 4.52 Å². The molecule has 0 N–H and O–H groups in total. The van der Waals surface area contributed by atoms with Gasteiger partial charge in [-0.1, -0.05) is 59.2 Å². The molecule has 0 radical (unpaired) electrons. The van der Waals surface area contributed by atoms with Crippen LogP contribution in [0.1, 0.15) is 5.56 Å². The number of hydrogen-bond acceptors (Lipinski definition) is 6. The third kappa shape index (κ3) is 3.89. The number of nitrogens with zero attached hydrogens (tertiary/aromatic N) is 6. The van der Waals surface area contributed by atoms with Gasteiger partial charge in [0.1, 0.15) is 0 Å². The zero-order valence-electron chi connectivity index (χ0n) is 18.2. The number of rotatable bonds is 5. The summed E-state index contributed by atoms with van der Waals surface area (Å²) in [5.74, 6) is 0.682. The van der Waals surface area contributed by atoms with Crippen LogP contribution in [0.2, 0.25) is 5.02 Å². The second kappa shape index (κ2) is 8.66. The van der Waals surface area contributed by atoms with Crippen molar-refractivity contribution in [1.82, 2.24) is 29.5 Å². The Morgan fingerprint density at radius 3 is 2.37 bits per heavy atom. The minimum Gasteiger partial charge on any atom is -0.356 e. The lowest BCUT2D eigenvalue weighted by Gasteiger charge is -2.10. The first-order chi connectivity index (χ1) is 17.2. The number of aromatic nitrogens is 6. The minimum absolute atomic E-state index is 0.293. The Bertz CT molecular complexity index is 1670. The molecule has 170 valence electrons. The summed E-state index contributed by atoms with van der Waals surface area (Å²) in [5.41, 5.74) is 5.29. The van der Waals surface area contributed by atoms with Crippen molar-refractivity contribution in [2.24, 2.45) is 0 Å². The second-order valence-corrected chi connectivity index (χ2v) is 8.37. The van der Waals surface area contributed by atoms with Gasteiger partial charge in [0, 0.05) is 45.7 Å². The molecule has 8 nitrogen and oxygen atoms in total. The zero-order valence-corrected chi connectivity index (χ0v) is 19.0. The highest BCUT2D eigenvalue weighted by atomic mass is 35.5. The van der Waals surface area contributed by atoms with Crippen LogP contribution in [0.15, 0.2) is 101 Å². The van der Waals surface area contributed by atoms with Crippen LogP contribution in [-0.4, -0.2) is 29.5 Å². The van der Waals surface area contributed by atoms with Gasteiger partial charge >= 0.3 is 5.69 Å². The maximum Gasteiger partial charge on any atom is 0.367 e. The Labute approximate surface area is 204 Å². The molecule has 0 aliphatic heterocycles. The molecule has 0 spiro atoms. The smallest absolute Gasteiger partial charge is 0.356 e. The Morgan fingerprint density at radius 1 is 0.857 bits per heavy atom.